The first-order valence-corrected chi connectivity index (χ1v) is 8.19. The number of hydrogen-bond acceptors (Lipinski definition) is 4. The van der Waals surface area contributed by atoms with Gasteiger partial charge in [0.1, 0.15) is 0 Å². The molecule has 0 bridgehead atoms. The number of likely N-dealkylation sites (N-methyl/N-ethyl adjacent to an activating group) is 1. The lowest BCUT2D eigenvalue weighted by molar-refractivity contribution is 0.00578. The van der Waals surface area contributed by atoms with Crippen LogP contribution >= 0.6 is 0 Å². The van der Waals surface area contributed by atoms with Gasteiger partial charge in [-0.1, -0.05) is 30.3 Å². The van der Waals surface area contributed by atoms with E-state index in [4.69, 9.17) is 14.4 Å². The molecule has 126 valence electrons. The molecule has 0 aliphatic carbocycles. The third-order valence-electron chi connectivity index (χ3n) is 4.67. The van der Waals surface area contributed by atoms with Gasteiger partial charge in [0.15, 0.2) is 0 Å². The van der Waals surface area contributed by atoms with Gasteiger partial charge in [-0.05, 0) is 57.8 Å². The topological polar surface area (TPSA) is 50.7 Å². The van der Waals surface area contributed by atoms with E-state index in [0.29, 0.717) is 13.0 Å². The van der Waals surface area contributed by atoms with Crippen molar-refractivity contribution < 1.29 is 14.4 Å². The summed E-state index contributed by atoms with van der Waals surface area (Å²) in [6.45, 7) is 9.13. The molecular weight excluding hydrogens is 289 g/mol. The summed E-state index contributed by atoms with van der Waals surface area (Å²) in [6.07, 6.45) is 2.80. The van der Waals surface area contributed by atoms with E-state index < -0.39 is 0 Å². The number of aliphatic hydroxyl groups is 1. The van der Waals surface area contributed by atoms with Gasteiger partial charge in [-0.3, -0.25) is 0 Å². The molecule has 23 heavy (non-hydrogen) atoms. The van der Waals surface area contributed by atoms with Crippen LogP contribution in [0.3, 0.4) is 0 Å². The van der Waals surface area contributed by atoms with Gasteiger partial charge in [-0.25, -0.2) is 0 Å². The Bertz CT molecular complexity index is 536. The van der Waals surface area contributed by atoms with Gasteiger partial charge in [0.25, 0.3) is 0 Å². The third-order valence-corrected chi connectivity index (χ3v) is 4.67. The van der Waals surface area contributed by atoms with Crippen LogP contribution in [0.25, 0.3) is 6.08 Å². The summed E-state index contributed by atoms with van der Waals surface area (Å²) in [5.41, 5.74) is 2.63. The van der Waals surface area contributed by atoms with E-state index in [1.54, 1.807) is 0 Å². The first kappa shape index (κ1) is 18.2. The zero-order valence-electron chi connectivity index (χ0n) is 14.8. The van der Waals surface area contributed by atoms with E-state index in [1.807, 2.05) is 19.2 Å². The van der Waals surface area contributed by atoms with Crippen LogP contribution in [-0.2, 0) is 15.7 Å². The maximum Gasteiger partial charge on any atom is 0.491 e. The van der Waals surface area contributed by atoms with Gasteiger partial charge >= 0.3 is 7.12 Å². The third kappa shape index (κ3) is 4.24. The molecule has 0 spiro atoms. The molecule has 0 radical (unpaired) electrons. The second-order valence-corrected chi connectivity index (χ2v) is 7.05. The summed E-state index contributed by atoms with van der Waals surface area (Å²) in [7, 11) is 1.58. The molecule has 1 aromatic carbocycles. The smallest absolute Gasteiger partial charge is 0.400 e. The average molecular weight is 317 g/mol. The molecule has 1 aliphatic heterocycles. The van der Waals surface area contributed by atoms with E-state index in [-0.39, 0.29) is 24.9 Å². The highest BCUT2D eigenvalue weighted by Crippen LogP contribution is 2.38. The predicted molar refractivity (Wildman–Crippen MR) is 95.2 cm³/mol. The van der Waals surface area contributed by atoms with Crippen LogP contribution in [-0.4, -0.2) is 43.6 Å². The summed E-state index contributed by atoms with van der Waals surface area (Å²) in [6, 6.07) is 8.21. The van der Waals surface area contributed by atoms with Crippen LogP contribution in [0, 0.1) is 0 Å². The average Bonchev–Trinajstić information content (AvgIpc) is 2.69. The summed E-state index contributed by atoms with van der Waals surface area (Å²) >= 11 is 0. The molecular formula is C18H28BNO3. The van der Waals surface area contributed by atoms with Gasteiger partial charge in [0, 0.05) is 13.2 Å². The van der Waals surface area contributed by atoms with Gasteiger partial charge < -0.3 is 19.7 Å². The zero-order chi connectivity index (χ0) is 17.1. The summed E-state index contributed by atoms with van der Waals surface area (Å²) in [5.74, 6) is 0. The fourth-order valence-corrected chi connectivity index (χ4v) is 2.52. The van der Waals surface area contributed by atoms with E-state index in [2.05, 4.69) is 51.2 Å². The van der Waals surface area contributed by atoms with Crippen LogP contribution in [0.15, 0.2) is 29.7 Å². The number of aliphatic hydroxyl groups excluding tert-OH is 1. The number of hydrogen-bond donors (Lipinski definition) is 2. The van der Waals surface area contributed by atoms with E-state index >= 15 is 0 Å². The largest absolute Gasteiger partial charge is 0.491 e. The summed E-state index contributed by atoms with van der Waals surface area (Å²) in [5, 5.41) is 12.2. The molecule has 1 heterocycles. The molecule has 2 rings (SSSR count). The quantitative estimate of drug-likeness (QED) is 0.792. The minimum atomic E-state index is -0.343. The Labute approximate surface area is 140 Å². The highest BCUT2D eigenvalue weighted by atomic mass is 16.7. The molecule has 5 heteroatoms. The molecule has 0 aromatic heterocycles. The van der Waals surface area contributed by atoms with Gasteiger partial charge in [0.05, 0.1) is 11.2 Å². The molecule has 2 N–H and O–H groups in total. The van der Waals surface area contributed by atoms with E-state index in [1.165, 1.54) is 0 Å². The highest BCUT2D eigenvalue weighted by molar-refractivity contribution is 6.55. The monoisotopic (exact) mass is 317 g/mol. The lowest BCUT2D eigenvalue weighted by Crippen LogP contribution is -2.41. The molecule has 0 unspecified atom stereocenters. The predicted octanol–water partition coefficient (Wildman–Crippen LogP) is 2.46. The van der Waals surface area contributed by atoms with Crippen molar-refractivity contribution in [3.63, 3.8) is 0 Å². The second-order valence-electron chi connectivity index (χ2n) is 7.05. The maximum atomic E-state index is 8.99. The molecule has 0 atom stereocenters. The lowest BCUT2D eigenvalue weighted by atomic mass is 9.77. The minimum Gasteiger partial charge on any atom is -0.400 e. The van der Waals surface area contributed by atoms with Crippen molar-refractivity contribution in [1.29, 1.82) is 0 Å². The van der Waals surface area contributed by atoms with E-state index in [9.17, 15) is 0 Å². The summed E-state index contributed by atoms with van der Waals surface area (Å²) in [4.78, 5) is 0. The zero-order valence-corrected chi connectivity index (χ0v) is 14.8. The van der Waals surface area contributed by atoms with Gasteiger partial charge in [0.2, 0.25) is 0 Å². The van der Waals surface area contributed by atoms with Crippen molar-refractivity contribution in [3.8, 4) is 0 Å². The van der Waals surface area contributed by atoms with Crippen LogP contribution < -0.4 is 5.32 Å². The SMILES string of the molecule is CNCC(=Cc1ccc(CCO)cc1)B1OC(C)(C)C(C)(C)O1. The van der Waals surface area contributed by atoms with E-state index in [0.717, 1.165) is 16.6 Å². The number of benzene rings is 1. The first-order chi connectivity index (χ1) is 10.8. The highest BCUT2D eigenvalue weighted by Gasteiger charge is 2.52. The molecule has 1 fully saturated rings. The molecule has 1 aliphatic rings. The van der Waals surface area contributed by atoms with Gasteiger partial charge in [-0.15, -0.1) is 0 Å². The van der Waals surface area contributed by atoms with Crippen molar-refractivity contribution >= 4 is 13.2 Å². The molecule has 0 saturated carbocycles. The van der Waals surface area contributed by atoms with Crippen molar-refractivity contribution in [2.45, 2.75) is 45.3 Å². The number of nitrogens with one attached hydrogen (secondary N) is 1. The Morgan fingerprint density at radius 2 is 1.70 bits per heavy atom. The molecule has 4 nitrogen and oxygen atoms in total. The van der Waals surface area contributed by atoms with Crippen LogP contribution in [0.4, 0.5) is 0 Å². The Balaban J connectivity index is 2.21. The fraction of sp³-hybridized carbons (Fsp3) is 0.556. The Morgan fingerprint density at radius 3 is 2.17 bits per heavy atom. The summed E-state index contributed by atoms with van der Waals surface area (Å²) < 4.78 is 12.3. The lowest BCUT2D eigenvalue weighted by Gasteiger charge is -2.32. The minimum absolute atomic E-state index is 0.175. The van der Waals surface area contributed by atoms with Crippen LogP contribution in [0.5, 0.6) is 0 Å². The van der Waals surface area contributed by atoms with Gasteiger partial charge in [-0.2, -0.15) is 0 Å². The van der Waals surface area contributed by atoms with Crippen molar-refractivity contribution in [2.75, 3.05) is 20.2 Å². The Kier molecular flexibility index (Phi) is 5.68. The maximum absolute atomic E-state index is 8.99. The molecule has 1 aromatic rings. The molecule has 1 saturated heterocycles. The fourth-order valence-electron chi connectivity index (χ4n) is 2.52. The standard InChI is InChI=1S/C18H28BNO3/c1-17(2)18(3,4)23-19(22-17)16(13-20-5)12-15-8-6-14(7-9-15)10-11-21/h6-9,12,20-21H,10-11,13H2,1-5H3. The van der Waals surface area contributed by atoms with Crippen LogP contribution in [0.1, 0.15) is 38.8 Å². The Morgan fingerprint density at radius 1 is 1.13 bits per heavy atom. The van der Waals surface area contributed by atoms with Crippen LogP contribution in [0.2, 0.25) is 0 Å². The molecule has 0 amide bonds. The van der Waals surface area contributed by atoms with Crippen molar-refractivity contribution in [1.82, 2.24) is 5.32 Å². The normalized spacial score (nSPS) is 20.1. The second kappa shape index (κ2) is 7.18. The Hall–Kier alpha value is -1.14. The van der Waals surface area contributed by atoms with Crippen molar-refractivity contribution in [2.24, 2.45) is 0 Å². The number of rotatable bonds is 6. The first-order valence-electron chi connectivity index (χ1n) is 8.19. The van der Waals surface area contributed by atoms with Crippen molar-refractivity contribution in [3.05, 3.63) is 40.9 Å².